The van der Waals surface area contributed by atoms with Crippen molar-refractivity contribution in [1.29, 1.82) is 0 Å². The summed E-state index contributed by atoms with van der Waals surface area (Å²) in [5.74, 6) is -0.865. The molecule has 10 heteroatoms. The Morgan fingerprint density at radius 1 is 0.974 bits per heavy atom. The summed E-state index contributed by atoms with van der Waals surface area (Å²) >= 11 is 9.83. The van der Waals surface area contributed by atoms with Crippen molar-refractivity contribution in [3.05, 3.63) is 93.9 Å². The molecular formula is C29H33BrClN3O4S. The number of carbonyl (C=O) groups excluding carboxylic acids is 2. The van der Waals surface area contributed by atoms with Crippen LogP contribution in [-0.4, -0.2) is 43.3 Å². The number of nitrogens with zero attached hydrogens (tertiary/aromatic N) is 2. The lowest BCUT2D eigenvalue weighted by atomic mass is 10.1. The van der Waals surface area contributed by atoms with Crippen molar-refractivity contribution in [2.75, 3.05) is 10.8 Å². The van der Waals surface area contributed by atoms with Crippen LogP contribution in [0.4, 0.5) is 5.69 Å². The second-order valence-corrected chi connectivity index (χ2v) is 13.3. The molecule has 208 valence electrons. The molecule has 0 spiro atoms. The molecule has 0 aromatic heterocycles. The Labute approximate surface area is 244 Å². The monoisotopic (exact) mass is 633 g/mol. The summed E-state index contributed by atoms with van der Waals surface area (Å²) in [7, 11) is -4.12. The number of amides is 2. The van der Waals surface area contributed by atoms with Gasteiger partial charge in [-0.05, 0) is 69.2 Å². The van der Waals surface area contributed by atoms with Crippen LogP contribution in [0.3, 0.4) is 0 Å². The van der Waals surface area contributed by atoms with E-state index in [0.29, 0.717) is 27.2 Å². The third-order valence-corrected chi connectivity index (χ3v) is 8.54. The number of rotatable bonds is 10. The van der Waals surface area contributed by atoms with Gasteiger partial charge in [-0.3, -0.25) is 13.9 Å². The second kappa shape index (κ2) is 13.0. The maximum Gasteiger partial charge on any atom is 0.264 e. The largest absolute Gasteiger partial charge is 0.350 e. The molecular weight excluding hydrogens is 602 g/mol. The molecule has 0 saturated carbocycles. The Balaban J connectivity index is 2.08. The number of hydrogen-bond donors (Lipinski definition) is 1. The van der Waals surface area contributed by atoms with E-state index in [2.05, 4.69) is 21.2 Å². The minimum Gasteiger partial charge on any atom is -0.350 e. The lowest BCUT2D eigenvalue weighted by Gasteiger charge is -2.35. The summed E-state index contributed by atoms with van der Waals surface area (Å²) in [5.41, 5.74) is 0.434. The van der Waals surface area contributed by atoms with E-state index in [1.165, 1.54) is 17.0 Å². The number of hydrogen-bond acceptors (Lipinski definition) is 4. The average Bonchev–Trinajstić information content (AvgIpc) is 2.87. The molecule has 0 bridgehead atoms. The summed E-state index contributed by atoms with van der Waals surface area (Å²) in [4.78, 5) is 28.9. The van der Waals surface area contributed by atoms with Crippen molar-refractivity contribution in [3.63, 3.8) is 0 Å². The minimum absolute atomic E-state index is 0.0340. The van der Waals surface area contributed by atoms with Crippen molar-refractivity contribution in [3.8, 4) is 0 Å². The maximum absolute atomic E-state index is 14.1. The molecule has 0 heterocycles. The minimum atomic E-state index is -4.12. The normalized spacial score (nSPS) is 12.5. The van der Waals surface area contributed by atoms with Crippen molar-refractivity contribution < 1.29 is 18.0 Å². The smallest absolute Gasteiger partial charge is 0.264 e. The molecule has 0 saturated heterocycles. The van der Waals surface area contributed by atoms with E-state index < -0.39 is 34.1 Å². The van der Waals surface area contributed by atoms with Crippen molar-refractivity contribution in [2.45, 2.75) is 57.1 Å². The Morgan fingerprint density at radius 3 is 2.21 bits per heavy atom. The zero-order valence-corrected chi connectivity index (χ0v) is 25.6. The highest BCUT2D eigenvalue weighted by Crippen LogP contribution is 2.27. The summed E-state index contributed by atoms with van der Waals surface area (Å²) in [6.45, 7) is 6.91. The third kappa shape index (κ3) is 8.06. The first-order chi connectivity index (χ1) is 18.3. The number of carbonyl (C=O) groups is 2. The fourth-order valence-corrected chi connectivity index (χ4v) is 6.07. The summed E-state index contributed by atoms with van der Waals surface area (Å²) in [6, 6.07) is 20.9. The van der Waals surface area contributed by atoms with E-state index in [-0.39, 0.29) is 17.3 Å². The van der Waals surface area contributed by atoms with Crippen molar-refractivity contribution in [1.82, 2.24) is 10.2 Å². The fraction of sp³-hybridized carbons (Fsp3) is 0.310. The molecule has 0 aliphatic heterocycles. The van der Waals surface area contributed by atoms with Crippen LogP contribution in [0.2, 0.25) is 5.02 Å². The van der Waals surface area contributed by atoms with Crippen molar-refractivity contribution >= 4 is 55.1 Å². The first-order valence-electron chi connectivity index (χ1n) is 12.5. The van der Waals surface area contributed by atoms with Crippen LogP contribution >= 0.6 is 27.5 Å². The SMILES string of the molecule is CCC(C(=O)NC(C)(C)C)N(Cc1ccccc1Cl)C(=O)CN(c1cccc(Br)c1)S(=O)(=O)c1ccccc1. The van der Waals surface area contributed by atoms with Gasteiger partial charge in [0.2, 0.25) is 11.8 Å². The Morgan fingerprint density at radius 2 is 1.62 bits per heavy atom. The van der Waals surface area contributed by atoms with Crippen LogP contribution < -0.4 is 9.62 Å². The van der Waals surface area contributed by atoms with Gasteiger partial charge in [-0.15, -0.1) is 0 Å². The number of sulfonamides is 1. The van der Waals surface area contributed by atoms with Gasteiger partial charge in [0.05, 0.1) is 10.6 Å². The van der Waals surface area contributed by atoms with E-state index in [1.54, 1.807) is 66.7 Å². The van der Waals surface area contributed by atoms with Gasteiger partial charge in [-0.1, -0.05) is 76.9 Å². The lowest BCUT2D eigenvalue weighted by molar-refractivity contribution is -0.141. The second-order valence-electron chi connectivity index (χ2n) is 10.1. The molecule has 2 amide bonds. The average molecular weight is 635 g/mol. The van der Waals surface area contributed by atoms with Gasteiger partial charge >= 0.3 is 0 Å². The Hall–Kier alpha value is -2.88. The molecule has 3 rings (SSSR count). The highest BCUT2D eigenvalue weighted by molar-refractivity contribution is 9.10. The summed E-state index contributed by atoms with van der Waals surface area (Å²) < 4.78 is 29.4. The summed E-state index contributed by atoms with van der Waals surface area (Å²) in [5, 5.41) is 3.40. The lowest BCUT2D eigenvalue weighted by Crippen LogP contribution is -2.55. The maximum atomic E-state index is 14.1. The number of benzene rings is 3. The molecule has 1 N–H and O–H groups in total. The molecule has 3 aromatic carbocycles. The molecule has 3 aromatic rings. The summed E-state index contributed by atoms with van der Waals surface area (Å²) in [6.07, 6.45) is 0.320. The first kappa shape index (κ1) is 30.7. The molecule has 0 aliphatic rings. The van der Waals surface area contributed by atoms with Gasteiger partial charge in [-0.2, -0.15) is 0 Å². The van der Waals surface area contributed by atoms with Gasteiger partial charge in [0.15, 0.2) is 0 Å². The van der Waals surface area contributed by atoms with Crippen LogP contribution in [-0.2, 0) is 26.2 Å². The van der Waals surface area contributed by atoms with E-state index >= 15 is 0 Å². The number of nitrogens with one attached hydrogen (secondary N) is 1. The highest BCUT2D eigenvalue weighted by Gasteiger charge is 2.34. The predicted octanol–water partition coefficient (Wildman–Crippen LogP) is 6.02. The zero-order valence-electron chi connectivity index (χ0n) is 22.4. The van der Waals surface area contributed by atoms with E-state index in [1.807, 2.05) is 27.7 Å². The molecule has 0 fully saturated rings. The quantitative estimate of drug-likeness (QED) is 0.296. The van der Waals surface area contributed by atoms with Crippen LogP contribution in [0.5, 0.6) is 0 Å². The van der Waals surface area contributed by atoms with Crippen LogP contribution in [0.1, 0.15) is 39.7 Å². The fourth-order valence-electron chi connectivity index (χ4n) is 4.06. The molecule has 0 aliphatic carbocycles. The van der Waals surface area contributed by atoms with E-state index in [9.17, 15) is 18.0 Å². The van der Waals surface area contributed by atoms with Crippen LogP contribution in [0.25, 0.3) is 0 Å². The van der Waals surface area contributed by atoms with Gasteiger partial charge in [-0.25, -0.2) is 8.42 Å². The third-order valence-electron chi connectivity index (χ3n) is 5.89. The van der Waals surface area contributed by atoms with Gasteiger partial charge in [0.1, 0.15) is 12.6 Å². The van der Waals surface area contributed by atoms with Gasteiger partial charge in [0, 0.05) is 21.6 Å². The Bertz CT molecular complexity index is 1410. The zero-order chi connectivity index (χ0) is 28.8. The van der Waals surface area contributed by atoms with Gasteiger partial charge in [0.25, 0.3) is 10.0 Å². The van der Waals surface area contributed by atoms with E-state index in [4.69, 9.17) is 11.6 Å². The van der Waals surface area contributed by atoms with Gasteiger partial charge < -0.3 is 10.2 Å². The van der Waals surface area contributed by atoms with Crippen LogP contribution in [0, 0.1) is 0 Å². The predicted molar refractivity (Wildman–Crippen MR) is 159 cm³/mol. The Kier molecular flexibility index (Phi) is 10.2. The molecule has 7 nitrogen and oxygen atoms in total. The number of anilines is 1. The number of halogens is 2. The molecule has 1 unspecified atom stereocenters. The molecule has 1 atom stereocenters. The highest BCUT2D eigenvalue weighted by atomic mass is 79.9. The first-order valence-corrected chi connectivity index (χ1v) is 15.1. The topological polar surface area (TPSA) is 86.8 Å². The van der Waals surface area contributed by atoms with Crippen molar-refractivity contribution in [2.24, 2.45) is 0 Å². The standard InChI is InChI=1S/C29H33BrClN3O4S/c1-5-26(28(36)32-29(2,3)4)33(19-21-12-9-10-17-25(21)31)27(35)20-34(23-14-11-13-22(30)18-23)39(37,38)24-15-7-6-8-16-24/h6-18,26H,5,19-20H2,1-4H3,(H,32,36). The molecule has 0 radical (unpaired) electrons. The van der Waals surface area contributed by atoms with E-state index in [0.717, 1.165) is 4.31 Å². The molecule has 39 heavy (non-hydrogen) atoms. The van der Waals surface area contributed by atoms with Crippen LogP contribution in [0.15, 0.2) is 88.2 Å².